The van der Waals surface area contributed by atoms with Crippen LogP contribution in [0.25, 0.3) is 33.7 Å². The number of aromatic nitrogens is 6. The van der Waals surface area contributed by atoms with Crippen LogP contribution >= 0.6 is 0 Å². The predicted octanol–water partition coefficient (Wildman–Crippen LogP) is 3.07. The maximum Gasteiger partial charge on any atom is 0.233 e. The molecule has 12 heteroatoms. The molecule has 12 nitrogen and oxygen atoms in total. The molecule has 6 rings (SSSR count). The van der Waals surface area contributed by atoms with Crippen LogP contribution < -0.4 is 5.32 Å². The van der Waals surface area contributed by atoms with Gasteiger partial charge in [0.2, 0.25) is 11.8 Å². The summed E-state index contributed by atoms with van der Waals surface area (Å²) in [7, 11) is 2.08. The molecule has 0 radical (unpaired) electrons. The second kappa shape index (κ2) is 11.2. The van der Waals surface area contributed by atoms with E-state index in [1.165, 1.54) is 0 Å². The first kappa shape index (κ1) is 26.8. The minimum atomic E-state index is -0.405. The van der Waals surface area contributed by atoms with Gasteiger partial charge in [0.25, 0.3) is 0 Å². The number of hydrogen-bond donors (Lipinski definition) is 3. The smallest absolute Gasteiger partial charge is 0.233 e. The van der Waals surface area contributed by atoms with Gasteiger partial charge in [-0.3, -0.25) is 24.7 Å². The molecule has 3 N–H and O–H groups in total. The summed E-state index contributed by atoms with van der Waals surface area (Å²) in [4.78, 5) is 51.6. The minimum Gasteiger partial charge on any atom is -0.343 e. The van der Waals surface area contributed by atoms with Crippen molar-refractivity contribution in [3.05, 3.63) is 42.1 Å². The van der Waals surface area contributed by atoms with E-state index in [0.717, 1.165) is 48.1 Å². The lowest BCUT2D eigenvalue weighted by atomic mass is 9.96. The van der Waals surface area contributed by atoms with Gasteiger partial charge in [0, 0.05) is 48.7 Å². The molecule has 2 aliphatic heterocycles. The monoisotopic (exact) mass is 554 g/mol. The van der Waals surface area contributed by atoms with Crippen molar-refractivity contribution in [3.63, 3.8) is 0 Å². The number of carbonyl (C=O) groups is 2. The Morgan fingerprint density at radius 1 is 1.10 bits per heavy atom. The van der Waals surface area contributed by atoms with Crippen LogP contribution in [0.15, 0.2) is 35.7 Å². The number of anilines is 1. The Bertz CT molecular complexity index is 1610. The maximum atomic E-state index is 13.2. The van der Waals surface area contributed by atoms with Crippen LogP contribution in [0.5, 0.6) is 0 Å². The second-order valence-electron chi connectivity index (χ2n) is 10.7. The largest absolute Gasteiger partial charge is 0.343 e. The molecular weight excluding hydrogens is 520 g/mol. The molecule has 41 heavy (non-hydrogen) atoms. The number of hydrogen-bond acceptors (Lipinski definition) is 8. The van der Waals surface area contributed by atoms with E-state index in [1.54, 1.807) is 24.8 Å². The average Bonchev–Trinajstić information content (AvgIpc) is 3.62. The van der Waals surface area contributed by atoms with Crippen molar-refractivity contribution in [2.24, 2.45) is 10.9 Å². The quantitative estimate of drug-likeness (QED) is 0.318. The van der Waals surface area contributed by atoms with Crippen LogP contribution in [0, 0.1) is 5.92 Å². The fourth-order valence-electron chi connectivity index (χ4n) is 5.60. The lowest BCUT2D eigenvalue weighted by molar-refractivity contribution is -0.132. The van der Waals surface area contributed by atoms with Crippen LogP contribution in [-0.4, -0.2) is 97.7 Å². The molecule has 1 saturated heterocycles. The summed E-state index contributed by atoms with van der Waals surface area (Å²) < 4.78 is 0. The van der Waals surface area contributed by atoms with Crippen molar-refractivity contribution in [1.82, 2.24) is 39.9 Å². The lowest BCUT2D eigenvalue weighted by Gasteiger charge is -2.28. The number of aromatic amines is 2. The molecule has 4 aromatic heterocycles. The van der Waals surface area contributed by atoms with E-state index in [2.05, 4.69) is 47.4 Å². The van der Waals surface area contributed by atoms with Gasteiger partial charge < -0.3 is 20.1 Å². The molecule has 212 valence electrons. The minimum absolute atomic E-state index is 0.00688. The number of carbonyl (C=O) groups excluding carboxylic acids is 2. The van der Waals surface area contributed by atoms with Gasteiger partial charge in [-0.2, -0.15) is 5.10 Å². The molecule has 2 aliphatic rings. The Labute approximate surface area is 237 Å². The first-order valence-corrected chi connectivity index (χ1v) is 14.1. The van der Waals surface area contributed by atoms with Crippen molar-refractivity contribution in [2.45, 2.75) is 32.6 Å². The zero-order valence-corrected chi connectivity index (χ0v) is 23.5. The fourth-order valence-corrected chi connectivity index (χ4v) is 5.60. The summed E-state index contributed by atoms with van der Waals surface area (Å²) in [5.74, 6) is 0.243. The lowest BCUT2D eigenvalue weighted by Crippen LogP contribution is -2.37. The number of rotatable bonds is 7. The number of nitrogens with zero attached hydrogens (tertiary/aromatic N) is 7. The Morgan fingerprint density at radius 2 is 1.88 bits per heavy atom. The number of likely N-dealkylation sites (tertiary alicyclic amines) is 1. The van der Waals surface area contributed by atoms with Gasteiger partial charge in [-0.1, -0.05) is 0 Å². The number of piperidine rings is 1. The molecule has 1 fully saturated rings. The second-order valence-corrected chi connectivity index (χ2v) is 10.7. The van der Waals surface area contributed by atoms with E-state index in [-0.39, 0.29) is 17.7 Å². The van der Waals surface area contributed by atoms with Crippen LogP contribution in [0.1, 0.15) is 44.0 Å². The van der Waals surface area contributed by atoms with Crippen LogP contribution in [-0.2, 0) is 9.59 Å². The van der Waals surface area contributed by atoms with Gasteiger partial charge in [-0.15, -0.1) is 0 Å². The van der Waals surface area contributed by atoms with Gasteiger partial charge in [0.15, 0.2) is 11.5 Å². The zero-order valence-electron chi connectivity index (χ0n) is 23.5. The summed E-state index contributed by atoms with van der Waals surface area (Å²) in [5.41, 5.74) is 4.94. The summed E-state index contributed by atoms with van der Waals surface area (Å²) in [6, 6.07) is 3.89. The Hall–Kier alpha value is -4.45. The molecule has 2 amide bonds. The number of H-pyrrole nitrogens is 2. The molecule has 0 spiro atoms. The van der Waals surface area contributed by atoms with E-state index >= 15 is 0 Å². The third-order valence-corrected chi connectivity index (χ3v) is 8.06. The van der Waals surface area contributed by atoms with Gasteiger partial charge in [0.1, 0.15) is 11.4 Å². The normalized spacial score (nSPS) is 17.5. The Balaban J connectivity index is 1.27. The molecule has 0 aliphatic carbocycles. The molecule has 1 atom stereocenters. The van der Waals surface area contributed by atoms with Crippen molar-refractivity contribution < 1.29 is 9.59 Å². The number of amides is 2. The summed E-state index contributed by atoms with van der Waals surface area (Å²) in [6.45, 7) is 7.47. The van der Waals surface area contributed by atoms with Gasteiger partial charge in [-0.05, 0) is 59.0 Å². The van der Waals surface area contributed by atoms with E-state index < -0.39 is 5.92 Å². The number of aliphatic imine (C=N–C) groups is 1. The molecule has 1 unspecified atom stereocenters. The third-order valence-electron chi connectivity index (χ3n) is 8.06. The van der Waals surface area contributed by atoms with Crippen LogP contribution in [0.2, 0.25) is 0 Å². The zero-order chi connectivity index (χ0) is 28.5. The number of imidazole rings is 1. The first-order valence-electron chi connectivity index (χ1n) is 14.1. The van der Waals surface area contributed by atoms with E-state index in [9.17, 15) is 9.59 Å². The predicted molar refractivity (Wildman–Crippen MR) is 157 cm³/mol. The highest BCUT2D eigenvalue weighted by Gasteiger charge is 2.31. The Kier molecular flexibility index (Phi) is 7.31. The fraction of sp³-hybridized carbons (Fsp3) is 0.414. The maximum absolute atomic E-state index is 13.2. The molecule has 0 saturated carbocycles. The summed E-state index contributed by atoms with van der Waals surface area (Å²) >= 11 is 0. The van der Waals surface area contributed by atoms with Gasteiger partial charge >= 0.3 is 0 Å². The number of fused-ring (bicyclic) bond motifs is 2. The average molecular weight is 555 g/mol. The molecule has 0 aromatic carbocycles. The van der Waals surface area contributed by atoms with E-state index in [4.69, 9.17) is 4.98 Å². The van der Waals surface area contributed by atoms with Crippen LogP contribution in [0.3, 0.4) is 0 Å². The Morgan fingerprint density at radius 3 is 2.66 bits per heavy atom. The van der Waals surface area contributed by atoms with E-state index in [1.807, 2.05) is 30.9 Å². The number of likely N-dealkylation sites (N-methyl/N-ethyl adjacent to an activating group) is 1. The SMILES string of the molecule is CCN(CC)C(=O)C1CN=Cc2nc(-c3[nH]nc4ncc(-c5cncc(NC(=O)C6CCN(C)CC6)c5)cc34)[nH]c21. The number of nitrogens with one attached hydrogen (secondary N) is 3. The third kappa shape index (κ3) is 5.22. The van der Waals surface area contributed by atoms with Gasteiger partial charge in [-0.25, -0.2) is 9.97 Å². The first-order chi connectivity index (χ1) is 19.9. The van der Waals surface area contributed by atoms with Crippen molar-refractivity contribution >= 4 is 34.7 Å². The van der Waals surface area contributed by atoms with E-state index in [0.29, 0.717) is 48.2 Å². The number of pyridine rings is 2. The van der Waals surface area contributed by atoms with Crippen LogP contribution in [0.4, 0.5) is 5.69 Å². The van der Waals surface area contributed by atoms with Crippen molar-refractivity contribution in [2.75, 3.05) is 45.1 Å². The summed E-state index contributed by atoms with van der Waals surface area (Å²) in [5, 5.41) is 11.3. The molecule has 0 bridgehead atoms. The van der Waals surface area contributed by atoms with Gasteiger partial charge in [0.05, 0.1) is 35.4 Å². The topological polar surface area (TPSA) is 148 Å². The molecular formula is C29H34N10O2. The highest BCUT2D eigenvalue weighted by molar-refractivity contribution is 5.95. The molecule has 4 aromatic rings. The highest BCUT2D eigenvalue weighted by Crippen LogP contribution is 2.32. The molecule has 6 heterocycles. The summed E-state index contributed by atoms with van der Waals surface area (Å²) in [6.07, 6.45) is 8.57. The standard InChI is InChI=1S/C29H34N10O2/c1-4-39(5-2)29(41)22-15-31-16-23-24(22)35-27(34-23)25-21-11-19(13-32-26(21)37-36-25)18-10-20(14-30-12-18)33-28(40)17-6-8-38(3)9-7-17/h10-14,16-17,22H,4-9,15H2,1-3H3,(H,33,40)(H,34,35)(H,32,36,37). The van der Waals surface area contributed by atoms with Crippen molar-refractivity contribution in [1.29, 1.82) is 0 Å². The van der Waals surface area contributed by atoms with Crippen molar-refractivity contribution in [3.8, 4) is 22.6 Å². The highest BCUT2D eigenvalue weighted by atomic mass is 16.2.